The summed E-state index contributed by atoms with van der Waals surface area (Å²) in [6.45, 7) is 1.32. The van der Waals surface area contributed by atoms with E-state index in [0.29, 0.717) is 24.4 Å². The van der Waals surface area contributed by atoms with Gasteiger partial charge in [-0.3, -0.25) is 4.79 Å². The first kappa shape index (κ1) is 19.4. The van der Waals surface area contributed by atoms with Crippen LogP contribution in [-0.4, -0.2) is 59.4 Å². The molecular formula is C20H24ClN3O3. The van der Waals surface area contributed by atoms with Crippen LogP contribution >= 0.6 is 11.6 Å². The number of likely N-dealkylation sites (tertiary alicyclic amines) is 1. The molecule has 2 aliphatic rings. The van der Waals surface area contributed by atoms with Crippen LogP contribution in [0.5, 0.6) is 0 Å². The highest BCUT2D eigenvalue weighted by Crippen LogP contribution is 2.29. The molecule has 2 heterocycles. The Bertz CT molecular complexity index is 735. The van der Waals surface area contributed by atoms with Gasteiger partial charge in [-0.15, -0.1) is 11.6 Å². The zero-order valence-electron chi connectivity index (χ0n) is 15.4. The highest BCUT2D eigenvalue weighted by molar-refractivity contribution is 6.17. The molecule has 0 aromatic heterocycles. The molecule has 1 aromatic rings. The number of rotatable bonds is 6. The molecule has 1 amide bonds. The summed E-state index contributed by atoms with van der Waals surface area (Å²) in [5.74, 6) is 0.00349. The number of hydrogen-bond acceptors (Lipinski definition) is 5. The molecule has 3 rings (SSSR count). The monoisotopic (exact) mass is 389 g/mol. The molecule has 0 aliphatic carbocycles. The fraction of sp³-hybridized carbons (Fsp3) is 0.450. The summed E-state index contributed by atoms with van der Waals surface area (Å²) in [6, 6.07) is 8.42. The lowest BCUT2D eigenvalue weighted by atomic mass is 9.95. The van der Waals surface area contributed by atoms with Gasteiger partial charge in [-0.25, -0.2) is 4.79 Å². The number of carbonyl (C=O) groups excluding carboxylic acids is 2. The third-order valence-electron chi connectivity index (χ3n) is 4.95. The lowest BCUT2D eigenvalue weighted by Gasteiger charge is -2.29. The molecule has 2 aliphatic heterocycles. The van der Waals surface area contributed by atoms with Crippen LogP contribution in [0.15, 0.2) is 47.8 Å². The molecule has 2 atom stereocenters. The second-order valence-electron chi connectivity index (χ2n) is 6.78. The maximum absolute atomic E-state index is 12.8. The lowest BCUT2D eigenvalue weighted by molar-refractivity contribution is -0.134. The van der Waals surface area contributed by atoms with Gasteiger partial charge in [0.15, 0.2) is 0 Å². The maximum Gasteiger partial charge on any atom is 0.365 e. The smallest absolute Gasteiger partial charge is 0.365 e. The van der Waals surface area contributed by atoms with Crippen molar-refractivity contribution in [3.8, 4) is 0 Å². The molecule has 6 nitrogen and oxygen atoms in total. The van der Waals surface area contributed by atoms with Crippen LogP contribution in [0, 0.1) is 5.92 Å². The molecule has 1 fully saturated rings. The summed E-state index contributed by atoms with van der Waals surface area (Å²) in [5, 5.41) is 4.15. The first-order valence-corrected chi connectivity index (χ1v) is 9.73. The van der Waals surface area contributed by atoms with E-state index in [0.717, 1.165) is 25.1 Å². The third-order valence-corrected chi connectivity index (χ3v) is 5.22. The minimum absolute atomic E-state index is 0.0652. The molecule has 144 valence electrons. The van der Waals surface area contributed by atoms with Gasteiger partial charge in [0.05, 0.1) is 11.3 Å². The Morgan fingerprint density at radius 2 is 2.07 bits per heavy atom. The first-order valence-electron chi connectivity index (χ1n) is 9.20. The van der Waals surface area contributed by atoms with Crippen LogP contribution < -0.4 is 0 Å². The van der Waals surface area contributed by atoms with Crippen LogP contribution in [0.25, 0.3) is 0 Å². The molecule has 0 radical (unpaired) electrons. The summed E-state index contributed by atoms with van der Waals surface area (Å²) in [7, 11) is 1.80. The molecule has 1 aromatic carbocycles. The minimum atomic E-state index is -0.496. The molecule has 7 heteroatoms. The zero-order chi connectivity index (χ0) is 19.2. The Morgan fingerprint density at radius 3 is 2.81 bits per heavy atom. The van der Waals surface area contributed by atoms with E-state index in [9.17, 15) is 9.59 Å². The van der Waals surface area contributed by atoms with Crippen molar-refractivity contribution in [2.24, 2.45) is 11.1 Å². The van der Waals surface area contributed by atoms with Crippen molar-refractivity contribution in [3.63, 3.8) is 0 Å². The standard InChI is InChI=1S/C20H24ClN3O3/c1-23-13-10-17(22-27-20(26)15-7-3-2-4-8-15)16-9-14-24(12-6-5-11-21)18(16)19(23)25/h2-4,7-9,14,16,18H,5-6,10-13H2,1H3/b22-17-. The van der Waals surface area contributed by atoms with E-state index >= 15 is 0 Å². The molecule has 1 saturated heterocycles. The summed E-state index contributed by atoms with van der Waals surface area (Å²) < 4.78 is 0. The van der Waals surface area contributed by atoms with E-state index in [1.165, 1.54) is 0 Å². The molecule has 0 bridgehead atoms. The van der Waals surface area contributed by atoms with E-state index < -0.39 is 5.97 Å². The zero-order valence-corrected chi connectivity index (χ0v) is 16.1. The van der Waals surface area contributed by atoms with Gasteiger partial charge in [0.25, 0.3) is 0 Å². The van der Waals surface area contributed by atoms with Crippen molar-refractivity contribution < 1.29 is 14.4 Å². The Morgan fingerprint density at radius 1 is 1.30 bits per heavy atom. The third kappa shape index (κ3) is 4.50. The quantitative estimate of drug-likeness (QED) is 0.325. The van der Waals surface area contributed by atoms with Crippen molar-refractivity contribution in [2.45, 2.75) is 25.3 Å². The van der Waals surface area contributed by atoms with Gasteiger partial charge in [0, 0.05) is 38.4 Å². The Labute approximate surface area is 164 Å². The molecule has 0 saturated carbocycles. The van der Waals surface area contributed by atoms with Gasteiger partial charge in [-0.1, -0.05) is 29.4 Å². The van der Waals surface area contributed by atoms with Crippen LogP contribution in [0.1, 0.15) is 29.6 Å². The highest BCUT2D eigenvalue weighted by atomic mass is 35.5. The number of alkyl halides is 1. The van der Waals surface area contributed by atoms with Gasteiger partial charge in [-0.05, 0) is 31.2 Å². The van der Waals surface area contributed by atoms with Gasteiger partial charge >= 0.3 is 5.97 Å². The first-order chi connectivity index (χ1) is 13.1. The molecule has 0 N–H and O–H groups in total. The predicted octanol–water partition coefficient (Wildman–Crippen LogP) is 2.89. The summed E-state index contributed by atoms with van der Waals surface area (Å²) >= 11 is 5.77. The average Bonchev–Trinajstić information content (AvgIpc) is 3.06. The number of unbranched alkanes of at least 4 members (excludes halogenated alkanes) is 1. The average molecular weight is 390 g/mol. The maximum atomic E-state index is 12.8. The largest absolute Gasteiger partial charge is 0.365 e. The number of oxime groups is 1. The van der Waals surface area contributed by atoms with Gasteiger partial charge in [0.1, 0.15) is 6.04 Å². The van der Waals surface area contributed by atoms with Crippen molar-refractivity contribution in [2.75, 3.05) is 26.0 Å². The van der Waals surface area contributed by atoms with Crippen molar-refractivity contribution in [3.05, 3.63) is 48.2 Å². The normalized spacial score (nSPS) is 23.5. The second-order valence-corrected chi connectivity index (χ2v) is 7.16. The van der Waals surface area contributed by atoms with Crippen LogP contribution in [-0.2, 0) is 9.63 Å². The van der Waals surface area contributed by atoms with Gasteiger partial charge in [0.2, 0.25) is 5.91 Å². The molecule has 0 spiro atoms. The number of nitrogens with zero attached hydrogens (tertiary/aromatic N) is 3. The number of fused-ring (bicyclic) bond motifs is 1. The Balaban J connectivity index is 1.75. The van der Waals surface area contributed by atoms with E-state index in [-0.39, 0.29) is 17.9 Å². The fourth-order valence-electron chi connectivity index (χ4n) is 3.42. The van der Waals surface area contributed by atoms with E-state index in [1.807, 2.05) is 18.3 Å². The number of halogens is 1. The van der Waals surface area contributed by atoms with E-state index in [2.05, 4.69) is 10.1 Å². The molecule has 27 heavy (non-hydrogen) atoms. The summed E-state index contributed by atoms with van der Waals surface area (Å²) in [5.41, 5.74) is 1.17. The molecular weight excluding hydrogens is 366 g/mol. The SMILES string of the molecule is CN1CC/C(=N/OC(=O)c2ccccc2)C2C=CN(CCCCCl)C2C1=O. The van der Waals surface area contributed by atoms with Crippen molar-refractivity contribution in [1.29, 1.82) is 0 Å². The highest BCUT2D eigenvalue weighted by Gasteiger charge is 2.41. The van der Waals surface area contributed by atoms with Crippen LogP contribution in [0.2, 0.25) is 0 Å². The number of amides is 1. The Kier molecular flexibility index (Phi) is 6.50. The topological polar surface area (TPSA) is 62.2 Å². The van der Waals surface area contributed by atoms with E-state index in [1.54, 1.807) is 36.2 Å². The van der Waals surface area contributed by atoms with Crippen molar-refractivity contribution in [1.82, 2.24) is 9.80 Å². The second kappa shape index (κ2) is 9.04. The Hall–Kier alpha value is -2.34. The lowest BCUT2D eigenvalue weighted by Crippen LogP contribution is -2.46. The summed E-state index contributed by atoms with van der Waals surface area (Å²) in [6.07, 6.45) is 6.34. The minimum Gasteiger partial charge on any atom is -0.365 e. The van der Waals surface area contributed by atoms with Crippen LogP contribution in [0.3, 0.4) is 0 Å². The van der Waals surface area contributed by atoms with Gasteiger partial charge in [-0.2, -0.15) is 0 Å². The molecule has 2 unspecified atom stereocenters. The van der Waals surface area contributed by atoms with Gasteiger partial charge < -0.3 is 14.6 Å². The van der Waals surface area contributed by atoms with Crippen LogP contribution in [0.4, 0.5) is 0 Å². The summed E-state index contributed by atoms with van der Waals surface area (Å²) in [4.78, 5) is 34.0. The number of benzene rings is 1. The van der Waals surface area contributed by atoms with Crippen molar-refractivity contribution >= 4 is 29.2 Å². The number of hydrogen-bond donors (Lipinski definition) is 0. The van der Waals surface area contributed by atoms with E-state index in [4.69, 9.17) is 16.4 Å². The fourth-order valence-corrected chi connectivity index (χ4v) is 3.61. The number of likely N-dealkylation sites (N-methyl/N-ethyl adjacent to an activating group) is 1. The predicted molar refractivity (Wildman–Crippen MR) is 105 cm³/mol. The number of carbonyl (C=O) groups is 2.